The number of hydrogen-bond donors (Lipinski definition) is 2. The second-order valence-electron chi connectivity index (χ2n) is 4.78. The maximum Gasteiger partial charge on any atom is 0.268 e. The molecule has 2 amide bonds. The molecule has 7 heteroatoms. The van der Waals surface area contributed by atoms with E-state index < -0.39 is 23.8 Å². The maximum absolute atomic E-state index is 12.3. The Morgan fingerprint density at radius 3 is 2.43 bits per heavy atom. The minimum absolute atomic E-state index is 0.0147. The Labute approximate surface area is 139 Å². The van der Waals surface area contributed by atoms with Crippen LogP contribution in [0.2, 0.25) is 0 Å². The molecule has 0 saturated heterocycles. The monoisotopic (exact) mass is 335 g/mol. The van der Waals surface area contributed by atoms with E-state index in [2.05, 4.69) is 10.6 Å². The van der Waals surface area contributed by atoms with Crippen LogP contribution in [0.25, 0.3) is 6.08 Å². The van der Waals surface area contributed by atoms with E-state index in [0.29, 0.717) is 11.3 Å². The molecule has 0 fully saturated rings. The first-order chi connectivity index (χ1) is 10.9. The van der Waals surface area contributed by atoms with Crippen molar-refractivity contribution in [2.45, 2.75) is 19.4 Å². The molecule has 0 heterocycles. The van der Waals surface area contributed by atoms with E-state index in [-0.39, 0.29) is 12.1 Å². The molecule has 1 aromatic rings. The molecule has 0 spiro atoms. The average Bonchev–Trinajstić information content (AvgIpc) is 2.50. The molecule has 0 unspecified atom stereocenters. The Bertz CT molecular complexity index is 587. The van der Waals surface area contributed by atoms with E-state index in [0.717, 1.165) is 0 Å². The molecular weight excluding hydrogens is 316 g/mol. The highest BCUT2D eigenvalue weighted by molar-refractivity contribution is 7.98. The lowest BCUT2D eigenvalue weighted by molar-refractivity contribution is -0.308. The zero-order valence-corrected chi connectivity index (χ0v) is 13.8. The lowest BCUT2D eigenvalue weighted by atomic mass is 10.1. The lowest BCUT2D eigenvalue weighted by Gasteiger charge is -2.20. The molecule has 0 aromatic heterocycles. The number of carboxylic acids is 1. The molecule has 1 rings (SSSR count). The number of nitrogens with one attached hydrogen (secondary N) is 2. The summed E-state index contributed by atoms with van der Waals surface area (Å²) < 4.78 is 0. The molecule has 1 aromatic carbocycles. The Kier molecular flexibility index (Phi) is 7.90. The van der Waals surface area contributed by atoms with Crippen molar-refractivity contribution in [2.24, 2.45) is 0 Å². The van der Waals surface area contributed by atoms with Gasteiger partial charge in [0.2, 0.25) is 5.91 Å². The molecule has 6 nitrogen and oxygen atoms in total. The molecule has 23 heavy (non-hydrogen) atoms. The molecule has 0 saturated carbocycles. The zero-order chi connectivity index (χ0) is 17.2. The Morgan fingerprint density at radius 1 is 1.26 bits per heavy atom. The van der Waals surface area contributed by atoms with Crippen LogP contribution in [0.1, 0.15) is 18.9 Å². The third-order valence-corrected chi connectivity index (χ3v) is 3.51. The summed E-state index contributed by atoms with van der Waals surface area (Å²) in [6, 6.07) is 7.82. The van der Waals surface area contributed by atoms with Gasteiger partial charge in [0.25, 0.3) is 5.91 Å². The number of hydrogen-bond acceptors (Lipinski definition) is 5. The van der Waals surface area contributed by atoms with Crippen LogP contribution in [0.15, 0.2) is 36.0 Å². The number of rotatable bonds is 8. The van der Waals surface area contributed by atoms with E-state index in [9.17, 15) is 19.5 Å². The molecule has 0 bridgehead atoms. The summed E-state index contributed by atoms with van der Waals surface area (Å²) >= 11 is 1.47. The predicted molar refractivity (Wildman–Crippen MR) is 88.2 cm³/mol. The van der Waals surface area contributed by atoms with Crippen LogP contribution < -0.4 is 15.7 Å². The molecule has 124 valence electrons. The van der Waals surface area contributed by atoms with Crippen molar-refractivity contribution >= 4 is 35.6 Å². The van der Waals surface area contributed by atoms with Gasteiger partial charge in [-0.05, 0) is 30.1 Å². The van der Waals surface area contributed by atoms with Crippen molar-refractivity contribution in [1.82, 2.24) is 10.6 Å². The standard InChI is InChI=1S/C16H20N2O4S/c1-11(19)17-14(10-12-6-4-3-5-7-12)15(20)18-13(16(21)22)8-9-23-2/h3-7,10,13H,8-9H2,1-2H3,(H,17,19)(H,18,20)(H,21,22)/p-1/t13-/m0/s1. The molecule has 0 aliphatic carbocycles. The van der Waals surface area contributed by atoms with E-state index >= 15 is 0 Å². The lowest BCUT2D eigenvalue weighted by Crippen LogP contribution is -2.49. The van der Waals surface area contributed by atoms with Crippen LogP contribution in [-0.2, 0) is 14.4 Å². The van der Waals surface area contributed by atoms with E-state index in [1.165, 1.54) is 24.8 Å². The van der Waals surface area contributed by atoms with Crippen LogP contribution in [-0.4, -0.2) is 35.8 Å². The first-order valence-corrected chi connectivity index (χ1v) is 8.38. The third kappa shape index (κ3) is 7.01. The zero-order valence-electron chi connectivity index (χ0n) is 13.0. The average molecular weight is 335 g/mol. The van der Waals surface area contributed by atoms with Gasteiger partial charge in [0.05, 0.1) is 12.0 Å². The van der Waals surface area contributed by atoms with Crippen molar-refractivity contribution in [1.29, 1.82) is 0 Å². The van der Waals surface area contributed by atoms with Crippen molar-refractivity contribution in [3.8, 4) is 0 Å². The molecule has 1 atom stereocenters. The van der Waals surface area contributed by atoms with Crippen LogP contribution >= 0.6 is 11.8 Å². The largest absolute Gasteiger partial charge is 0.548 e. The Hall–Kier alpha value is -2.28. The number of carbonyl (C=O) groups excluding carboxylic acids is 3. The van der Waals surface area contributed by atoms with Crippen molar-refractivity contribution in [2.75, 3.05) is 12.0 Å². The fourth-order valence-electron chi connectivity index (χ4n) is 1.78. The van der Waals surface area contributed by atoms with Crippen molar-refractivity contribution in [3.05, 3.63) is 41.6 Å². The number of benzene rings is 1. The highest BCUT2D eigenvalue weighted by atomic mass is 32.2. The van der Waals surface area contributed by atoms with Gasteiger partial charge in [-0.1, -0.05) is 30.3 Å². The predicted octanol–water partition coefficient (Wildman–Crippen LogP) is 0.151. The smallest absolute Gasteiger partial charge is 0.268 e. The van der Waals surface area contributed by atoms with Crippen LogP contribution in [0.3, 0.4) is 0 Å². The van der Waals surface area contributed by atoms with Crippen molar-refractivity contribution < 1.29 is 19.5 Å². The first kappa shape index (κ1) is 18.8. The number of carbonyl (C=O) groups is 3. The topological polar surface area (TPSA) is 98.3 Å². The summed E-state index contributed by atoms with van der Waals surface area (Å²) in [4.78, 5) is 34.6. The molecule has 0 aliphatic heterocycles. The van der Waals surface area contributed by atoms with Gasteiger partial charge in [-0.25, -0.2) is 0 Å². The summed E-state index contributed by atoms with van der Waals surface area (Å²) in [7, 11) is 0. The number of amides is 2. The molecule has 2 N–H and O–H groups in total. The number of thioether (sulfide) groups is 1. The third-order valence-electron chi connectivity index (χ3n) is 2.87. The summed E-state index contributed by atoms with van der Waals surface area (Å²) in [5.41, 5.74) is 0.694. The van der Waals surface area contributed by atoms with Crippen LogP contribution in [0.4, 0.5) is 0 Å². The highest BCUT2D eigenvalue weighted by Gasteiger charge is 2.17. The number of carboxylic acid groups (broad SMARTS) is 1. The van der Waals surface area contributed by atoms with E-state index in [1.807, 2.05) is 12.3 Å². The SMILES string of the molecule is CSCC[C@H](NC(=O)C(=Cc1ccccc1)NC(C)=O)C(=O)[O-]. The first-order valence-electron chi connectivity index (χ1n) is 6.99. The summed E-state index contributed by atoms with van der Waals surface area (Å²) in [5.74, 6) is -1.87. The van der Waals surface area contributed by atoms with Gasteiger partial charge in [-0.3, -0.25) is 9.59 Å². The normalized spacial score (nSPS) is 12.3. The maximum atomic E-state index is 12.3. The van der Waals surface area contributed by atoms with Gasteiger partial charge in [0.15, 0.2) is 0 Å². The quantitative estimate of drug-likeness (QED) is 0.659. The Morgan fingerprint density at radius 2 is 1.91 bits per heavy atom. The van der Waals surface area contributed by atoms with Gasteiger partial charge in [0, 0.05) is 6.92 Å². The Balaban J connectivity index is 2.93. The van der Waals surface area contributed by atoms with Crippen LogP contribution in [0.5, 0.6) is 0 Å². The number of aliphatic carboxylic acids is 1. The van der Waals surface area contributed by atoms with E-state index in [1.54, 1.807) is 24.3 Å². The summed E-state index contributed by atoms with van der Waals surface area (Å²) in [6.07, 6.45) is 3.57. The summed E-state index contributed by atoms with van der Waals surface area (Å²) in [6.45, 7) is 1.27. The van der Waals surface area contributed by atoms with Gasteiger partial charge in [0.1, 0.15) is 5.70 Å². The minimum atomic E-state index is -1.35. The molecule has 0 radical (unpaired) electrons. The van der Waals surface area contributed by atoms with Crippen molar-refractivity contribution in [3.63, 3.8) is 0 Å². The second kappa shape index (κ2) is 9.68. The minimum Gasteiger partial charge on any atom is -0.548 e. The fourth-order valence-corrected chi connectivity index (χ4v) is 2.26. The van der Waals surface area contributed by atoms with Crippen LogP contribution in [0, 0.1) is 0 Å². The van der Waals surface area contributed by atoms with Gasteiger partial charge >= 0.3 is 0 Å². The van der Waals surface area contributed by atoms with Gasteiger partial charge in [-0.15, -0.1) is 0 Å². The summed E-state index contributed by atoms with van der Waals surface area (Å²) in [5, 5.41) is 15.9. The van der Waals surface area contributed by atoms with Gasteiger partial charge < -0.3 is 20.5 Å². The van der Waals surface area contributed by atoms with Gasteiger partial charge in [-0.2, -0.15) is 11.8 Å². The molecular formula is C16H19N2O4S-. The second-order valence-corrected chi connectivity index (χ2v) is 5.76. The molecule has 0 aliphatic rings. The fraction of sp³-hybridized carbons (Fsp3) is 0.312. The highest BCUT2D eigenvalue weighted by Crippen LogP contribution is 2.06. The van der Waals surface area contributed by atoms with E-state index in [4.69, 9.17) is 0 Å².